The van der Waals surface area contributed by atoms with Crippen molar-refractivity contribution < 1.29 is 0 Å². The van der Waals surface area contributed by atoms with Crippen molar-refractivity contribution in [2.24, 2.45) is 0 Å². The van der Waals surface area contributed by atoms with Gasteiger partial charge in [0.2, 0.25) is 0 Å². The SMILES string of the molecule is CNC(C)C1(c2ccccc2Br)CC1. The summed E-state index contributed by atoms with van der Waals surface area (Å²) < 4.78 is 1.25. The van der Waals surface area contributed by atoms with E-state index in [0.717, 1.165) is 0 Å². The molecule has 1 saturated carbocycles. The maximum atomic E-state index is 3.64. The highest BCUT2D eigenvalue weighted by Crippen LogP contribution is 2.52. The predicted molar refractivity (Wildman–Crippen MR) is 63.6 cm³/mol. The van der Waals surface area contributed by atoms with Crippen LogP contribution in [0.4, 0.5) is 0 Å². The van der Waals surface area contributed by atoms with Gasteiger partial charge in [-0.2, -0.15) is 0 Å². The molecule has 1 unspecified atom stereocenters. The lowest BCUT2D eigenvalue weighted by atomic mass is 9.89. The number of rotatable bonds is 3. The van der Waals surface area contributed by atoms with Crippen LogP contribution in [0.15, 0.2) is 28.7 Å². The van der Waals surface area contributed by atoms with Crippen LogP contribution < -0.4 is 5.32 Å². The minimum atomic E-state index is 0.384. The fourth-order valence-electron chi connectivity index (χ4n) is 2.21. The van der Waals surface area contributed by atoms with E-state index in [-0.39, 0.29) is 0 Å². The molecule has 2 rings (SSSR count). The van der Waals surface area contributed by atoms with Crippen LogP contribution in [-0.4, -0.2) is 13.1 Å². The first-order valence-electron chi connectivity index (χ1n) is 5.13. The molecule has 1 aliphatic rings. The molecule has 76 valence electrons. The lowest BCUT2D eigenvalue weighted by Gasteiger charge is -2.24. The Morgan fingerprint density at radius 1 is 1.36 bits per heavy atom. The summed E-state index contributed by atoms with van der Waals surface area (Å²) in [4.78, 5) is 0. The van der Waals surface area contributed by atoms with Crippen LogP contribution in [0.3, 0.4) is 0 Å². The zero-order valence-electron chi connectivity index (χ0n) is 8.68. The van der Waals surface area contributed by atoms with Gasteiger partial charge in [-0.1, -0.05) is 34.1 Å². The molecule has 1 aromatic carbocycles. The molecule has 1 aromatic rings. The van der Waals surface area contributed by atoms with Gasteiger partial charge in [0.05, 0.1) is 0 Å². The molecule has 0 bridgehead atoms. The smallest absolute Gasteiger partial charge is 0.0213 e. The first kappa shape index (κ1) is 10.2. The Morgan fingerprint density at radius 3 is 2.50 bits per heavy atom. The first-order chi connectivity index (χ1) is 6.70. The van der Waals surface area contributed by atoms with Gasteiger partial charge in [0.15, 0.2) is 0 Å². The Morgan fingerprint density at radius 2 is 2.00 bits per heavy atom. The Balaban J connectivity index is 2.35. The van der Waals surface area contributed by atoms with Gasteiger partial charge in [-0.25, -0.2) is 0 Å². The van der Waals surface area contributed by atoms with Gasteiger partial charge >= 0.3 is 0 Å². The third-order valence-corrected chi connectivity index (χ3v) is 4.15. The fourth-order valence-corrected chi connectivity index (χ4v) is 2.89. The molecule has 1 atom stereocenters. The maximum absolute atomic E-state index is 3.64. The van der Waals surface area contributed by atoms with Crippen LogP contribution in [0.25, 0.3) is 0 Å². The zero-order chi connectivity index (χ0) is 10.2. The fraction of sp³-hybridized carbons (Fsp3) is 0.500. The zero-order valence-corrected chi connectivity index (χ0v) is 10.3. The average molecular weight is 254 g/mol. The summed E-state index contributed by atoms with van der Waals surface area (Å²) in [5.74, 6) is 0. The van der Waals surface area contributed by atoms with E-state index < -0.39 is 0 Å². The summed E-state index contributed by atoms with van der Waals surface area (Å²) in [6.07, 6.45) is 2.61. The molecular weight excluding hydrogens is 238 g/mol. The normalized spacial score (nSPS) is 20.5. The van der Waals surface area contributed by atoms with E-state index in [1.807, 2.05) is 7.05 Å². The Hall–Kier alpha value is -0.340. The van der Waals surface area contributed by atoms with Crippen molar-refractivity contribution in [2.75, 3.05) is 7.05 Å². The Bertz CT molecular complexity index is 331. The van der Waals surface area contributed by atoms with Crippen LogP contribution in [0.5, 0.6) is 0 Å². The lowest BCUT2D eigenvalue weighted by Crippen LogP contribution is -2.35. The van der Waals surface area contributed by atoms with Gasteiger partial charge in [0.25, 0.3) is 0 Å². The second-order valence-corrected chi connectivity index (χ2v) is 5.00. The first-order valence-corrected chi connectivity index (χ1v) is 5.92. The highest BCUT2D eigenvalue weighted by molar-refractivity contribution is 9.10. The third kappa shape index (κ3) is 1.51. The predicted octanol–water partition coefficient (Wildman–Crippen LogP) is 3.09. The van der Waals surface area contributed by atoms with E-state index in [0.29, 0.717) is 11.5 Å². The van der Waals surface area contributed by atoms with E-state index in [1.54, 1.807) is 0 Å². The van der Waals surface area contributed by atoms with Crippen LogP contribution in [0.2, 0.25) is 0 Å². The average Bonchev–Trinajstić information content (AvgIpc) is 2.98. The summed E-state index contributed by atoms with van der Waals surface area (Å²) in [5, 5.41) is 3.37. The van der Waals surface area contributed by atoms with Crippen molar-refractivity contribution in [3.63, 3.8) is 0 Å². The maximum Gasteiger partial charge on any atom is 0.0213 e. The molecule has 0 spiro atoms. The second-order valence-electron chi connectivity index (χ2n) is 4.15. The standard InChI is InChI=1S/C12H16BrN/c1-9(14-2)12(7-8-12)10-5-3-4-6-11(10)13/h3-6,9,14H,7-8H2,1-2H3. The summed E-state index contributed by atoms with van der Waals surface area (Å²) in [5.41, 5.74) is 1.84. The molecule has 0 aromatic heterocycles. The molecule has 1 nitrogen and oxygen atoms in total. The quantitative estimate of drug-likeness (QED) is 0.874. The molecule has 0 aliphatic heterocycles. The van der Waals surface area contributed by atoms with Crippen molar-refractivity contribution in [3.05, 3.63) is 34.3 Å². The molecule has 0 amide bonds. The van der Waals surface area contributed by atoms with Crippen LogP contribution in [0, 0.1) is 0 Å². The van der Waals surface area contributed by atoms with Crippen molar-refractivity contribution in [1.82, 2.24) is 5.32 Å². The second kappa shape index (κ2) is 3.67. The number of benzene rings is 1. The van der Waals surface area contributed by atoms with Crippen molar-refractivity contribution in [2.45, 2.75) is 31.2 Å². The number of nitrogens with one attached hydrogen (secondary N) is 1. The Labute approximate surface area is 94.0 Å². The molecule has 0 saturated heterocycles. The molecule has 2 heteroatoms. The van der Waals surface area contributed by atoms with Crippen molar-refractivity contribution in [1.29, 1.82) is 0 Å². The molecular formula is C12H16BrN. The summed E-state index contributed by atoms with van der Waals surface area (Å²) >= 11 is 3.64. The molecule has 0 radical (unpaired) electrons. The van der Waals surface area contributed by atoms with Gasteiger partial charge in [-0.3, -0.25) is 0 Å². The van der Waals surface area contributed by atoms with Crippen LogP contribution in [-0.2, 0) is 5.41 Å². The van der Waals surface area contributed by atoms with Crippen molar-refractivity contribution >= 4 is 15.9 Å². The minimum absolute atomic E-state index is 0.384. The number of halogens is 1. The van der Waals surface area contributed by atoms with E-state index in [2.05, 4.69) is 52.4 Å². The van der Waals surface area contributed by atoms with Gasteiger partial charge in [0, 0.05) is 15.9 Å². The molecule has 0 heterocycles. The molecule has 1 N–H and O–H groups in total. The van der Waals surface area contributed by atoms with Crippen molar-refractivity contribution in [3.8, 4) is 0 Å². The highest BCUT2D eigenvalue weighted by Gasteiger charge is 2.49. The topological polar surface area (TPSA) is 12.0 Å². The van der Waals surface area contributed by atoms with E-state index >= 15 is 0 Å². The molecule has 14 heavy (non-hydrogen) atoms. The van der Waals surface area contributed by atoms with Gasteiger partial charge in [-0.05, 0) is 38.4 Å². The van der Waals surface area contributed by atoms with Crippen LogP contribution in [0.1, 0.15) is 25.3 Å². The van der Waals surface area contributed by atoms with Gasteiger partial charge in [-0.15, -0.1) is 0 Å². The van der Waals surface area contributed by atoms with Gasteiger partial charge < -0.3 is 5.32 Å². The monoisotopic (exact) mass is 253 g/mol. The number of hydrogen-bond donors (Lipinski definition) is 1. The summed E-state index contributed by atoms with van der Waals surface area (Å²) in [6.45, 7) is 2.27. The summed E-state index contributed by atoms with van der Waals surface area (Å²) in [7, 11) is 2.04. The summed E-state index contributed by atoms with van der Waals surface area (Å²) in [6, 6.07) is 9.14. The van der Waals surface area contributed by atoms with E-state index in [9.17, 15) is 0 Å². The number of hydrogen-bond acceptors (Lipinski definition) is 1. The number of likely N-dealkylation sites (N-methyl/N-ethyl adjacent to an activating group) is 1. The molecule has 1 aliphatic carbocycles. The minimum Gasteiger partial charge on any atom is -0.316 e. The van der Waals surface area contributed by atoms with Gasteiger partial charge in [0.1, 0.15) is 0 Å². The van der Waals surface area contributed by atoms with Crippen LogP contribution >= 0.6 is 15.9 Å². The highest BCUT2D eigenvalue weighted by atomic mass is 79.9. The van der Waals surface area contributed by atoms with E-state index in [1.165, 1.54) is 22.9 Å². The largest absolute Gasteiger partial charge is 0.316 e. The molecule has 1 fully saturated rings. The third-order valence-electron chi connectivity index (χ3n) is 3.46. The Kier molecular flexibility index (Phi) is 2.67. The lowest BCUT2D eigenvalue weighted by molar-refractivity contribution is 0.478. The van der Waals surface area contributed by atoms with E-state index in [4.69, 9.17) is 0 Å².